The SMILES string of the molecule is CC.CC.CC1=CC=CC1.CC1=CCC=C1. The highest BCUT2D eigenvalue weighted by atomic mass is 13.9. The Morgan fingerprint density at radius 1 is 0.938 bits per heavy atom. The van der Waals surface area contributed by atoms with Crippen LogP contribution in [0.1, 0.15) is 54.4 Å². The van der Waals surface area contributed by atoms with E-state index in [4.69, 9.17) is 0 Å². The molecule has 0 aromatic heterocycles. The zero-order valence-corrected chi connectivity index (χ0v) is 11.9. The van der Waals surface area contributed by atoms with E-state index in [-0.39, 0.29) is 0 Å². The fourth-order valence-electron chi connectivity index (χ4n) is 1.13. The molecule has 0 bridgehead atoms. The van der Waals surface area contributed by atoms with Crippen LogP contribution in [0.2, 0.25) is 0 Å². The van der Waals surface area contributed by atoms with Crippen molar-refractivity contribution in [2.24, 2.45) is 0 Å². The van der Waals surface area contributed by atoms with Crippen LogP contribution in [0.25, 0.3) is 0 Å². The van der Waals surface area contributed by atoms with Crippen molar-refractivity contribution in [3.8, 4) is 0 Å². The summed E-state index contributed by atoms with van der Waals surface area (Å²) in [5, 5.41) is 0. The molecule has 0 atom stereocenters. The van der Waals surface area contributed by atoms with Crippen LogP contribution in [-0.4, -0.2) is 0 Å². The van der Waals surface area contributed by atoms with Gasteiger partial charge in [-0.3, -0.25) is 0 Å². The molecular formula is C16H28. The Bertz CT molecular complexity index is 246. The summed E-state index contributed by atoms with van der Waals surface area (Å²) in [4.78, 5) is 0. The Kier molecular flexibility index (Phi) is 15.1. The Morgan fingerprint density at radius 3 is 1.69 bits per heavy atom. The van der Waals surface area contributed by atoms with Gasteiger partial charge < -0.3 is 0 Å². The van der Waals surface area contributed by atoms with E-state index in [0.717, 1.165) is 6.42 Å². The molecule has 0 aromatic carbocycles. The van der Waals surface area contributed by atoms with Crippen molar-refractivity contribution in [3.05, 3.63) is 47.6 Å². The van der Waals surface area contributed by atoms with Crippen LogP contribution in [0.4, 0.5) is 0 Å². The van der Waals surface area contributed by atoms with Gasteiger partial charge in [0, 0.05) is 0 Å². The van der Waals surface area contributed by atoms with Crippen molar-refractivity contribution in [3.63, 3.8) is 0 Å². The quantitative estimate of drug-likeness (QED) is 0.481. The molecule has 0 amide bonds. The lowest BCUT2D eigenvalue weighted by molar-refractivity contribution is 1.25. The summed E-state index contributed by atoms with van der Waals surface area (Å²) < 4.78 is 0. The topological polar surface area (TPSA) is 0 Å². The van der Waals surface area contributed by atoms with E-state index in [1.165, 1.54) is 17.6 Å². The van der Waals surface area contributed by atoms with Gasteiger partial charge in [0.25, 0.3) is 0 Å². The lowest BCUT2D eigenvalue weighted by Crippen LogP contribution is -1.58. The normalized spacial score (nSPS) is 14.6. The van der Waals surface area contributed by atoms with Gasteiger partial charge >= 0.3 is 0 Å². The molecule has 2 aliphatic carbocycles. The van der Waals surface area contributed by atoms with Crippen LogP contribution in [0.15, 0.2) is 47.6 Å². The minimum absolute atomic E-state index is 1.14. The van der Waals surface area contributed by atoms with Gasteiger partial charge in [-0.2, -0.15) is 0 Å². The summed E-state index contributed by atoms with van der Waals surface area (Å²) in [5.74, 6) is 0. The minimum atomic E-state index is 1.14. The summed E-state index contributed by atoms with van der Waals surface area (Å²) in [6, 6.07) is 0. The number of allylic oxidation sites excluding steroid dienone is 8. The second-order valence-corrected chi connectivity index (χ2v) is 3.23. The van der Waals surface area contributed by atoms with E-state index in [9.17, 15) is 0 Å². The van der Waals surface area contributed by atoms with Gasteiger partial charge in [0.15, 0.2) is 0 Å². The van der Waals surface area contributed by atoms with Crippen LogP contribution in [0.5, 0.6) is 0 Å². The molecule has 0 fully saturated rings. The van der Waals surface area contributed by atoms with E-state index in [2.05, 4.69) is 50.3 Å². The van der Waals surface area contributed by atoms with Crippen molar-refractivity contribution in [2.75, 3.05) is 0 Å². The molecule has 0 saturated heterocycles. The van der Waals surface area contributed by atoms with Crippen LogP contribution in [0, 0.1) is 0 Å². The van der Waals surface area contributed by atoms with E-state index >= 15 is 0 Å². The molecule has 0 aromatic rings. The molecule has 0 heterocycles. The molecule has 0 unspecified atom stereocenters. The molecule has 16 heavy (non-hydrogen) atoms. The molecule has 0 radical (unpaired) electrons. The molecule has 2 aliphatic rings. The minimum Gasteiger partial charge on any atom is -0.0805 e. The molecule has 0 saturated carbocycles. The maximum atomic E-state index is 2.21. The molecule has 92 valence electrons. The summed E-state index contributed by atoms with van der Waals surface area (Å²) in [6.45, 7) is 12.3. The van der Waals surface area contributed by atoms with Crippen LogP contribution >= 0.6 is 0 Å². The van der Waals surface area contributed by atoms with Crippen LogP contribution in [-0.2, 0) is 0 Å². The third-order valence-corrected chi connectivity index (χ3v) is 1.91. The fraction of sp³-hybridized carbons (Fsp3) is 0.500. The Balaban J connectivity index is 0. The van der Waals surface area contributed by atoms with Crippen molar-refractivity contribution >= 4 is 0 Å². The monoisotopic (exact) mass is 220 g/mol. The van der Waals surface area contributed by atoms with Gasteiger partial charge in [0.1, 0.15) is 0 Å². The number of rotatable bonds is 0. The zero-order valence-electron chi connectivity index (χ0n) is 11.9. The largest absolute Gasteiger partial charge is 0.0805 e. The Hall–Kier alpha value is -1.04. The van der Waals surface area contributed by atoms with E-state index < -0.39 is 0 Å². The summed E-state index contributed by atoms with van der Waals surface area (Å²) in [5.41, 5.74) is 2.87. The lowest BCUT2D eigenvalue weighted by Gasteiger charge is -1.78. The summed E-state index contributed by atoms with van der Waals surface area (Å²) in [7, 11) is 0. The molecule has 0 N–H and O–H groups in total. The highest BCUT2D eigenvalue weighted by molar-refractivity contribution is 5.23. The first-order valence-corrected chi connectivity index (χ1v) is 6.44. The highest BCUT2D eigenvalue weighted by Crippen LogP contribution is 2.06. The van der Waals surface area contributed by atoms with Crippen molar-refractivity contribution in [1.29, 1.82) is 0 Å². The van der Waals surface area contributed by atoms with Gasteiger partial charge in [-0.15, -0.1) is 0 Å². The van der Waals surface area contributed by atoms with Crippen molar-refractivity contribution < 1.29 is 0 Å². The molecular weight excluding hydrogens is 192 g/mol. The van der Waals surface area contributed by atoms with Crippen LogP contribution < -0.4 is 0 Å². The van der Waals surface area contributed by atoms with E-state index in [1.807, 2.05) is 27.7 Å². The second-order valence-electron chi connectivity index (χ2n) is 3.23. The zero-order chi connectivity index (χ0) is 12.8. The third kappa shape index (κ3) is 11.0. The summed E-state index contributed by atoms with van der Waals surface area (Å²) in [6.07, 6.45) is 15.2. The van der Waals surface area contributed by atoms with E-state index in [0.29, 0.717) is 0 Å². The molecule has 0 spiro atoms. The predicted molar refractivity (Wildman–Crippen MR) is 77.7 cm³/mol. The maximum absolute atomic E-state index is 2.21. The van der Waals surface area contributed by atoms with Crippen LogP contribution in [0.3, 0.4) is 0 Å². The first kappa shape index (κ1) is 17.4. The molecule has 2 rings (SSSR count). The molecule has 0 nitrogen and oxygen atoms in total. The van der Waals surface area contributed by atoms with Gasteiger partial charge in [0.05, 0.1) is 0 Å². The average Bonchev–Trinajstić information content (AvgIpc) is 2.98. The first-order valence-electron chi connectivity index (χ1n) is 6.44. The van der Waals surface area contributed by atoms with Gasteiger partial charge in [-0.05, 0) is 26.7 Å². The molecule has 0 heteroatoms. The average molecular weight is 220 g/mol. The lowest BCUT2D eigenvalue weighted by atomic mass is 10.3. The standard InChI is InChI=1S/2C6H8.2C2H6/c2*1-6-4-2-3-5-6;2*1-2/h2,4-5H,3H2,1H3;2-4H,5H2,1H3;2*1-2H3. The second kappa shape index (κ2) is 14.0. The predicted octanol–water partition coefficient (Wildman–Crippen LogP) is 5.84. The Labute approximate surface area is 102 Å². The van der Waals surface area contributed by atoms with Crippen molar-refractivity contribution in [1.82, 2.24) is 0 Å². The maximum Gasteiger partial charge on any atom is -0.0135 e. The van der Waals surface area contributed by atoms with Gasteiger partial charge in [-0.1, -0.05) is 75.3 Å². The fourth-order valence-corrected chi connectivity index (χ4v) is 1.13. The van der Waals surface area contributed by atoms with Gasteiger partial charge in [-0.25, -0.2) is 0 Å². The third-order valence-electron chi connectivity index (χ3n) is 1.91. The first-order chi connectivity index (χ1) is 7.79. The summed E-state index contributed by atoms with van der Waals surface area (Å²) >= 11 is 0. The number of hydrogen-bond acceptors (Lipinski definition) is 0. The van der Waals surface area contributed by atoms with Gasteiger partial charge in [0.2, 0.25) is 0 Å². The number of hydrogen-bond donors (Lipinski definition) is 0. The molecule has 0 aliphatic heterocycles. The smallest absolute Gasteiger partial charge is 0.0135 e. The highest BCUT2D eigenvalue weighted by Gasteiger charge is 1.86. The Morgan fingerprint density at radius 2 is 1.56 bits per heavy atom. The van der Waals surface area contributed by atoms with E-state index in [1.54, 1.807) is 0 Å². The van der Waals surface area contributed by atoms with Crippen molar-refractivity contribution in [2.45, 2.75) is 54.4 Å².